The van der Waals surface area contributed by atoms with Crippen molar-refractivity contribution in [2.24, 2.45) is 0 Å². The van der Waals surface area contributed by atoms with E-state index in [4.69, 9.17) is 14.6 Å². The molecule has 0 aliphatic heterocycles. The van der Waals surface area contributed by atoms with Crippen molar-refractivity contribution in [3.8, 4) is 0 Å². The van der Waals surface area contributed by atoms with E-state index in [1.165, 1.54) is 14.2 Å². The first-order valence-corrected chi connectivity index (χ1v) is 6.61. The highest BCUT2D eigenvalue weighted by Gasteiger charge is 2.39. The molecule has 0 saturated carbocycles. The first kappa shape index (κ1) is 13.3. The van der Waals surface area contributed by atoms with Gasteiger partial charge in [-0.1, -0.05) is 15.9 Å². The van der Waals surface area contributed by atoms with Crippen LogP contribution in [0.5, 0.6) is 0 Å². The lowest BCUT2D eigenvalue weighted by atomic mass is 10.2. The summed E-state index contributed by atoms with van der Waals surface area (Å²) >= 11 is 3.27. The summed E-state index contributed by atoms with van der Waals surface area (Å²) in [6, 6.07) is 6.75. The Hall–Kier alpha value is -0.770. The molecule has 0 aliphatic rings. The van der Waals surface area contributed by atoms with Gasteiger partial charge in [-0.15, -0.1) is 0 Å². The largest absolute Gasteiger partial charge is 0.442 e. The SMILES string of the molecule is COP(=O)(OC)C(=[N+]=[N-])c1ccc(Br)cc1. The van der Waals surface area contributed by atoms with Crippen molar-refractivity contribution in [3.05, 3.63) is 39.8 Å². The van der Waals surface area contributed by atoms with Crippen LogP contribution in [0, 0.1) is 0 Å². The Kier molecular flexibility index (Phi) is 4.59. The van der Waals surface area contributed by atoms with Gasteiger partial charge in [0.1, 0.15) is 0 Å². The number of halogens is 1. The quantitative estimate of drug-likeness (QED) is 0.371. The average Bonchev–Trinajstić information content (AvgIpc) is 2.32. The molecule has 7 heteroatoms. The molecule has 16 heavy (non-hydrogen) atoms. The molecule has 0 atom stereocenters. The number of benzene rings is 1. The van der Waals surface area contributed by atoms with Gasteiger partial charge in [0.2, 0.25) is 0 Å². The van der Waals surface area contributed by atoms with E-state index in [9.17, 15) is 4.57 Å². The Labute approximate surface area is 102 Å². The van der Waals surface area contributed by atoms with Crippen molar-refractivity contribution in [2.75, 3.05) is 14.2 Å². The monoisotopic (exact) mass is 304 g/mol. The summed E-state index contributed by atoms with van der Waals surface area (Å²) in [6.07, 6.45) is 0. The number of nitrogens with zero attached hydrogens (tertiary/aromatic N) is 2. The fourth-order valence-corrected chi connectivity index (χ4v) is 2.45. The standard InChI is InChI=1S/C9H10BrN2O3P/c1-14-16(13,15-2)9(12-11)7-3-5-8(10)6-4-7/h3-6H,1-2H3. The summed E-state index contributed by atoms with van der Waals surface area (Å²) < 4.78 is 22.4. The maximum absolute atomic E-state index is 12.0. The van der Waals surface area contributed by atoms with E-state index in [0.29, 0.717) is 5.56 Å². The lowest BCUT2D eigenvalue weighted by Gasteiger charge is -2.08. The van der Waals surface area contributed by atoms with Crippen LogP contribution in [0.2, 0.25) is 0 Å². The second-order valence-electron chi connectivity index (χ2n) is 2.79. The van der Waals surface area contributed by atoms with Gasteiger partial charge in [-0.3, -0.25) is 0 Å². The molecular formula is C9H10BrN2O3P. The minimum absolute atomic E-state index is 0.120. The van der Waals surface area contributed by atoms with Gasteiger partial charge in [0.15, 0.2) is 0 Å². The molecule has 0 heterocycles. The molecule has 1 aromatic rings. The van der Waals surface area contributed by atoms with Gasteiger partial charge in [0.25, 0.3) is 0 Å². The van der Waals surface area contributed by atoms with Gasteiger partial charge in [-0.25, -0.2) is 4.57 Å². The van der Waals surface area contributed by atoms with E-state index in [1.807, 2.05) is 0 Å². The molecule has 0 unspecified atom stereocenters. The zero-order valence-corrected chi connectivity index (χ0v) is 11.2. The molecular weight excluding hydrogens is 295 g/mol. The Balaban J connectivity index is 3.24. The molecule has 86 valence electrons. The summed E-state index contributed by atoms with van der Waals surface area (Å²) in [7, 11) is -1.08. The van der Waals surface area contributed by atoms with Crippen molar-refractivity contribution in [2.45, 2.75) is 0 Å². The second kappa shape index (κ2) is 5.53. The molecule has 0 aromatic heterocycles. The minimum Gasteiger partial charge on any atom is -0.360 e. The molecule has 1 rings (SSSR count). The van der Waals surface area contributed by atoms with Gasteiger partial charge in [-0.2, -0.15) is 4.79 Å². The van der Waals surface area contributed by atoms with E-state index in [1.54, 1.807) is 24.3 Å². The lowest BCUT2D eigenvalue weighted by Crippen LogP contribution is -2.06. The van der Waals surface area contributed by atoms with E-state index in [2.05, 4.69) is 20.7 Å². The normalized spacial score (nSPS) is 10.9. The smallest absolute Gasteiger partial charge is 0.360 e. The molecule has 0 fully saturated rings. The first-order chi connectivity index (χ1) is 7.57. The predicted molar refractivity (Wildman–Crippen MR) is 63.5 cm³/mol. The van der Waals surface area contributed by atoms with Crippen LogP contribution in [0.3, 0.4) is 0 Å². The summed E-state index contributed by atoms with van der Waals surface area (Å²) in [5.41, 5.74) is 9.24. The first-order valence-electron chi connectivity index (χ1n) is 4.27. The third-order valence-electron chi connectivity index (χ3n) is 1.94. The molecule has 0 aliphatic carbocycles. The summed E-state index contributed by atoms with van der Waals surface area (Å²) in [6.45, 7) is 0. The van der Waals surface area contributed by atoms with Crippen LogP contribution in [-0.4, -0.2) is 24.5 Å². The molecule has 0 N–H and O–H groups in total. The van der Waals surface area contributed by atoms with E-state index in [0.717, 1.165) is 4.47 Å². The van der Waals surface area contributed by atoms with Crippen LogP contribution in [0.4, 0.5) is 0 Å². The molecule has 5 nitrogen and oxygen atoms in total. The van der Waals surface area contributed by atoms with Gasteiger partial charge in [0.05, 0.1) is 5.56 Å². The van der Waals surface area contributed by atoms with E-state index >= 15 is 0 Å². The highest BCUT2D eigenvalue weighted by molar-refractivity contribution is 9.10. The summed E-state index contributed by atoms with van der Waals surface area (Å²) in [5, 5.41) is 0. The topological polar surface area (TPSA) is 71.9 Å². The molecule has 0 spiro atoms. The lowest BCUT2D eigenvalue weighted by molar-refractivity contribution is -0.00212. The van der Waals surface area contributed by atoms with Crippen LogP contribution in [-0.2, 0) is 13.6 Å². The highest BCUT2D eigenvalue weighted by Crippen LogP contribution is 2.49. The summed E-state index contributed by atoms with van der Waals surface area (Å²) in [5.74, 6) is 0. The minimum atomic E-state index is -3.54. The molecule has 0 radical (unpaired) electrons. The Morgan fingerprint density at radius 2 is 1.81 bits per heavy atom. The van der Waals surface area contributed by atoms with Crippen LogP contribution < -0.4 is 0 Å². The molecule has 0 amide bonds. The maximum atomic E-state index is 12.0. The highest BCUT2D eigenvalue weighted by atomic mass is 79.9. The van der Waals surface area contributed by atoms with Crippen LogP contribution in [0.1, 0.15) is 5.56 Å². The molecule has 0 bridgehead atoms. The van der Waals surface area contributed by atoms with Crippen molar-refractivity contribution in [3.63, 3.8) is 0 Å². The third kappa shape index (κ3) is 2.67. The second-order valence-corrected chi connectivity index (χ2v) is 5.86. The fourth-order valence-electron chi connectivity index (χ4n) is 1.12. The van der Waals surface area contributed by atoms with Crippen molar-refractivity contribution in [1.82, 2.24) is 0 Å². The zero-order valence-electron chi connectivity index (χ0n) is 8.75. The maximum Gasteiger partial charge on any atom is 0.442 e. The van der Waals surface area contributed by atoms with E-state index < -0.39 is 7.60 Å². The van der Waals surface area contributed by atoms with Gasteiger partial charge in [0, 0.05) is 18.7 Å². The molecule has 0 saturated heterocycles. The molecule has 1 aromatic carbocycles. The average molecular weight is 305 g/mol. The van der Waals surface area contributed by atoms with Gasteiger partial charge in [-0.05, 0) is 24.3 Å². The van der Waals surface area contributed by atoms with Gasteiger partial charge < -0.3 is 14.6 Å². The van der Waals surface area contributed by atoms with Crippen molar-refractivity contribution in [1.29, 1.82) is 0 Å². The Bertz CT molecular complexity index is 460. The number of hydrogen-bond donors (Lipinski definition) is 0. The Morgan fingerprint density at radius 1 is 1.31 bits per heavy atom. The fraction of sp³-hybridized carbons (Fsp3) is 0.222. The number of rotatable bonds is 4. The number of hydrogen-bond acceptors (Lipinski definition) is 3. The third-order valence-corrected chi connectivity index (χ3v) is 4.29. The van der Waals surface area contributed by atoms with Crippen molar-refractivity contribution >= 4 is 29.0 Å². The Morgan fingerprint density at radius 3 is 2.19 bits per heavy atom. The predicted octanol–water partition coefficient (Wildman–Crippen LogP) is 2.91. The summed E-state index contributed by atoms with van der Waals surface area (Å²) in [4.78, 5) is 2.99. The van der Waals surface area contributed by atoms with Gasteiger partial charge >= 0.3 is 13.0 Å². The van der Waals surface area contributed by atoms with E-state index in [-0.39, 0.29) is 5.45 Å². The van der Waals surface area contributed by atoms with Crippen molar-refractivity contribution < 1.29 is 18.4 Å². The van der Waals surface area contributed by atoms with Crippen LogP contribution >= 0.6 is 23.5 Å². The zero-order chi connectivity index (χ0) is 12.2. The van der Waals surface area contributed by atoms with Crippen LogP contribution in [0.25, 0.3) is 5.53 Å². The van der Waals surface area contributed by atoms with Crippen LogP contribution in [0.15, 0.2) is 28.7 Å².